The largest absolute Gasteiger partial charge is 0.366 e. The molecule has 1 aliphatic rings. The van der Waals surface area contributed by atoms with Crippen LogP contribution in [0.1, 0.15) is 5.56 Å². The van der Waals surface area contributed by atoms with Gasteiger partial charge >= 0.3 is 0 Å². The molecule has 1 amide bonds. The Morgan fingerprint density at radius 2 is 1.50 bits per heavy atom. The van der Waals surface area contributed by atoms with Gasteiger partial charge in [-0.15, -0.1) is 0 Å². The summed E-state index contributed by atoms with van der Waals surface area (Å²) in [5, 5.41) is 0.428. The molecule has 0 saturated carbocycles. The standard InChI is InChI=1S/C25H25ClFN3O3S/c26-21-10-12-22(13-11-21)34(32,33)30(18-20-6-2-1-3-7-20)19-25(31)29-16-14-28(15-17-29)24-9-5-4-8-23(24)27/h1-13H,14-19H2. The van der Waals surface area contributed by atoms with E-state index in [0.717, 1.165) is 5.56 Å². The van der Waals surface area contributed by atoms with Gasteiger partial charge in [0.1, 0.15) is 5.82 Å². The summed E-state index contributed by atoms with van der Waals surface area (Å²) in [4.78, 5) is 16.7. The maximum absolute atomic E-state index is 14.1. The van der Waals surface area contributed by atoms with Crippen molar-refractivity contribution in [2.75, 3.05) is 37.6 Å². The van der Waals surface area contributed by atoms with Crippen LogP contribution < -0.4 is 4.90 Å². The van der Waals surface area contributed by atoms with E-state index >= 15 is 0 Å². The van der Waals surface area contributed by atoms with Gasteiger partial charge in [-0.25, -0.2) is 12.8 Å². The van der Waals surface area contributed by atoms with Crippen molar-refractivity contribution in [1.29, 1.82) is 0 Å². The topological polar surface area (TPSA) is 60.9 Å². The van der Waals surface area contributed by atoms with Gasteiger partial charge in [0.25, 0.3) is 0 Å². The summed E-state index contributed by atoms with van der Waals surface area (Å²) in [6.07, 6.45) is 0. The lowest BCUT2D eigenvalue weighted by Gasteiger charge is -2.37. The summed E-state index contributed by atoms with van der Waals surface area (Å²) in [7, 11) is -3.94. The normalized spacial score (nSPS) is 14.4. The number of piperazine rings is 1. The number of para-hydroxylation sites is 1. The number of halogens is 2. The SMILES string of the molecule is O=C(CN(Cc1ccccc1)S(=O)(=O)c1ccc(Cl)cc1)N1CCN(c2ccccc2F)CC1. The highest BCUT2D eigenvalue weighted by Gasteiger charge is 2.30. The van der Waals surface area contributed by atoms with Gasteiger partial charge in [-0.1, -0.05) is 54.1 Å². The number of hydrogen-bond donors (Lipinski definition) is 0. The molecule has 0 unspecified atom stereocenters. The lowest BCUT2D eigenvalue weighted by molar-refractivity contribution is -0.131. The molecule has 1 aliphatic heterocycles. The smallest absolute Gasteiger partial charge is 0.243 e. The second-order valence-corrected chi connectivity index (χ2v) is 10.4. The van der Waals surface area contributed by atoms with Crippen LogP contribution in [0.25, 0.3) is 0 Å². The number of carbonyl (C=O) groups is 1. The van der Waals surface area contributed by atoms with Crippen LogP contribution in [-0.4, -0.2) is 56.3 Å². The lowest BCUT2D eigenvalue weighted by Crippen LogP contribution is -2.52. The van der Waals surface area contributed by atoms with E-state index in [9.17, 15) is 17.6 Å². The number of rotatable bonds is 7. The molecule has 9 heteroatoms. The number of amides is 1. The van der Waals surface area contributed by atoms with Crippen LogP contribution in [0.3, 0.4) is 0 Å². The summed E-state index contributed by atoms with van der Waals surface area (Å²) in [6, 6.07) is 21.6. The third-order valence-corrected chi connectivity index (χ3v) is 7.85. The zero-order chi connectivity index (χ0) is 24.1. The van der Waals surface area contributed by atoms with Crippen molar-refractivity contribution in [3.05, 3.63) is 95.3 Å². The molecule has 0 radical (unpaired) electrons. The molecule has 0 aliphatic carbocycles. The Kier molecular flexibility index (Phi) is 7.50. The van der Waals surface area contributed by atoms with Crippen LogP contribution in [0.15, 0.2) is 83.8 Å². The molecule has 0 atom stereocenters. The zero-order valence-corrected chi connectivity index (χ0v) is 20.1. The van der Waals surface area contributed by atoms with Crippen molar-refractivity contribution in [3.8, 4) is 0 Å². The summed E-state index contributed by atoms with van der Waals surface area (Å²) < 4.78 is 42.1. The molecule has 1 saturated heterocycles. The molecule has 0 aromatic heterocycles. The molecule has 0 spiro atoms. The molecule has 34 heavy (non-hydrogen) atoms. The van der Waals surface area contributed by atoms with Gasteiger partial charge in [-0.3, -0.25) is 4.79 Å². The van der Waals surface area contributed by atoms with Gasteiger partial charge in [0.2, 0.25) is 15.9 Å². The summed E-state index contributed by atoms with van der Waals surface area (Å²) in [5.74, 6) is -0.591. The highest BCUT2D eigenvalue weighted by atomic mass is 35.5. The van der Waals surface area contributed by atoms with Crippen molar-refractivity contribution in [3.63, 3.8) is 0 Å². The molecular weight excluding hydrogens is 477 g/mol. The number of carbonyl (C=O) groups excluding carboxylic acids is 1. The Labute approximate surface area is 204 Å². The van der Waals surface area contributed by atoms with E-state index in [4.69, 9.17) is 11.6 Å². The van der Waals surface area contributed by atoms with Crippen molar-refractivity contribution < 1.29 is 17.6 Å². The van der Waals surface area contributed by atoms with E-state index in [1.807, 2.05) is 35.2 Å². The van der Waals surface area contributed by atoms with Crippen LogP contribution in [0.4, 0.5) is 10.1 Å². The summed E-state index contributed by atoms with van der Waals surface area (Å²) in [6.45, 7) is 1.47. The van der Waals surface area contributed by atoms with Crippen LogP contribution in [0.2, 0.25) is 5.02 Å². The first kappa shape index (κ1) is 24.2. The molecule has 6 nitrogen and oxygen atoms in total. The first-order valence-electron chi connectivity index (χ1n) is 10.9. The molecule has 178 valence electrons. The Morgan fingerprint density at radius 1 is 0.882 bits per heavy atom. The van der Waals surface area contributed by atoms with Gasteiger partial charge in [0.15, 0.2) is 0 Å². The second-order valence-electron chi connectivity index (χ2n) is 8.03. The minimum atomic E-state index is -3.94. The Bertz CT molecular complexity index is 1230. The fourth-order valence-electron chi connectivity index (χ4n) is 3.92. The van der Waals surface area contributed by atoms with E-state index in [0.29, 0.717) is 36.9 Å². The molecular formula is C25H25ClFN3O3S. The third-order valence-electron chi connectivity index (χ3n) is 5.79. The van der Waals surface area contributed by atoms with Crippen molar-refractivity contribution >= 4 is 33.2 Å². The van der Waals surface area contributed by atoms with Gasteiger partial charge < -0.3 is 9.80 Å². The molecule has 3 aromatic carbocycles. The lowest BCUT2D eigenvalue weighted by atomic mass is 10.2. The minimum Gasteiger partial charge on any atom is -0.366 e. The monoisotopic (exact) mass is 501 g/mol. The van der Waals surface area contributed by atoms with Crippen LogP contribution in [0.5, 0.6) is 0 Å². The highest BCUT2D eigenvalue weighted by Crippen LogP contribution is 2.23. The maximum Gasteiger partial charge on any atom is 0.243 e. The van der Waals surface area contributed by atoms with Crippen molar-refractivity contribution in [2.45, 2.75) is 11.4 Å². The minimum absolute atomic E-state index is 0.0622. The fourth-order valence-corrected chi connectivity index (χ4v) is 5.43. The Morgan fingerprint density at radius 3 is 2.15 bits per heavy atom. The molecule has 0 bridgehead atoms. The van der Waals surface area contributed by atoms with Gasteiger partial charge in [0.05, 0.1) is 17.1 Å². The quantitative estimate of drug-likeness (QED) is 0.490. The van der Waals surface area contributed by atoms with E-state index in [2.05, 4.69) is 0 Å². The summed E-state index contributed by atoms with van der Waals surface area (Å²) >= 11 is 5.93. The maximum atomic E-state index is 14.1. The van der Waals surface area contributed by atoms with E-state index in [1.165, 1.54) is 34.6 Å². The van der Waals surface area contributed by atoms with Crippen LogP contribution in [0, 0.1) is 5.82 Å². The average molecular weight is 502 g/mol. The Balaban J connectivity index is 1.49. The predicted octanol–water partition coefficient (Wildman–Crippen LogP) is 4.02. The first-order valence-corrected chi connectivity index (χ1v) is 12.7. The summed E-state index contributed by atoms with van der Waals surface area (Å²) in [5.41, 5.74) is 1.28. The van der Waals surface area contributed by atoms with Crippen LogP contribution in [-0.2, 0) is 21.4 Å². The molecule has 4 rings (SSSR count). The molecule has 1 fully saturated rings. The van der Waals surface area contributed by atoms with Gasteiger partial charge in [-0.2, -0.15) is 4.31 Å². The fraction of sp³-hybridized carbons (Fsp3) is 0.240. The van der Waals surface area contributed by atoms with Crippen molar-refractivity contribution in [2.24, 2.45) is 0 Å². The zero-order valence-electron chi connectivity index (χ0n) is 18.5. The molecule has 1 heterocycles. The van der Waals surface area contributed by atoms with E-state index < -0.39 is 10.0 Å². The second kappa shape index (κ2) is 10.5. The number of nitrogens with zero attached hydrogens (tertiary/aromatic N) is 3. The molecule has 3 aromatic rings. The van der Waals surface area contributed by atoms with Crippen molar-refractivity contribution in [1.82, 2.24) is 9.21 Å². The first-order chi connectivity index (χ1) is 16.3. The number of hydrogen-bond acceptors (Lipinski definition) is 4. The average Bonchev–Trinajstić information content (AvgIpc) is 2.85. The predicted molar refractivity (Wildman–Crippen MR) is 131 cm³/mol. The van der Waals surface area contributed by atoms with E-state index in [-0.39, 0.29) is 29.7 Å². The van der Waals surface area contributed by atoms with Gasteiger partial charge in [0, 0.05) is 37.7 Å². The highest BCUT2D eigenvalue weighted by molar-refractivity contribution is 7.89. The van der Waals surface area contributed by atoms with E-state index in [1.54, 1.807) is 23.1 Å². The van der Waals surface area contributed by atoms with Gasteiger partial charge in [-0.05, 0) is 42.0 Å². The Hall–Kier alpha value is -2.94. The third kappa shape index (κ3) is 5.58. The number of anilines is 1. The molecule has 0 N–H and O–H groups in total. The van der Waals surface area contributed by atoms with Crippen LogP contribution >= 0.6 is 11.6 Å². The number of sulfonamides is 1. The number of benzene rings is 3.